The van der Waals surface area contributed by atoms with Crippen LogP contribution in [0.2, 0.25) is 0 Å². The highest BCUT2D eigenvalue weighted by molar-refractivity contribution is 5.26. The summed E-state index contributed by atoms with van der Waals surface area (Å²) in [5.41, 5.74) is 1.28. The van der Waals surface area contributed by atoms with Gasteiger partial charge in [0.1, 0.15) is 5.75 Å². The fraction of sp³-hybridized carbons (Fsp3) is 0.571. The number of aryl methyl sites for hydroxylation is 1. The van der Waals surface area contributed by atoms with Crippen molar-refractivity contribution >= 4 is 0 Å². The predicted molar refractivity (Wildman–Crippen MR) is 66.9 cm³/mol. The molecule has 0 saturated carbocycles. The molecule has 0 aliphatic carbocycles. The number of nitrogens with one attached hydrogen (secondary N) is 1. The Bertz CT molecular complexity index is 301. The summed E-state index contributed by atoms with van der Waals surface area (Å²) >= 11 is 0. The van der Waals surface area contributed by atoms with E-state index in [4.69, 9.17) is 4.74 Å². The molecule has 0 unspecified atom stereocenters. The van der Waals surface area contributed by atoms with E-state index in [2.05, 4.69) is 36.5 Å². The zero-order valence-corrected chi connectivity index (χ0v) is 10.0. The molecule has 0 bridgehead atoms. The predicted octanol–water partition coefficient (Wildman–Crippen LogP) is 2.76. The fourth-order valence-electron chi connectivity index (χ4n) is 2.15. The highest BCUT2D eigenvalue weighted by Gasteiger charge is 2.12. The second-order valence-electron chi connectivity index (χ2n) is 4.64. The van der Waals surface area contributed by atoms with E-state index in [0.717, 1.165) is 18.3 Å². The number of ether oxygens (including phenoxy) is 1. The molecule has 16 heavy (non-hydrogen) atoms. The summed E-state index contributed by atoms with van der Waals surface area (Å²) in [6, 6.07) is 8.30. The van der Waals surface area contributed by atoms with Crippen molar-refractivity contribution in [1.29, 1.82) is 0 Å². The van der Waals surface area contributed by atoms with Crippen LogP contribution in [-0.2, 0) is 0 Å². The van der Waals surface area contributed by atoms with Gasteiger partial charge in [-0.3, -0.25) is 0 Å². The molecule has 1 fully saturated rings. The van der Waals surface area contributed by atoms with E-state index in [1.54, 1.807) is 0 Å². The SMILES string of the molecule is Cc1ccc(OCCC2CCNCC2)cc1. The highest BCUT2D eigenvalue weighted by Crippen LogP contribution is 2.17. The quantitative estimate of drug-likeness (QED) is 0.840. The summed E-state index contributed by atoms with van der Waals surface area (Å²) in [7, 11) is 0. The van der Waals surface area contributed by atoms with E-state index in [1.165, 1.54) is 37.9 Å². The molecule has 1 aliphatic rings. The smallest absolute Gasteiger partial charge is 0.119 e. The monoisotopic (exact) mass is 219 g/mol. The van der Waals surface area contributed by atoms with Gasteiger partial charge in [-0.1, -0.05) is 17.7 Å². The van der Waals surface area contributed by atoms with Gasteiger partial charge >= 0.3 is 0 Å². The third kappa shape index (κ3) is 3.53. The number of rotatable bonds is 4. The van der Waals surface area contributed by atoms with Crippen molar-refractivity contribution < 1.29 is 4.74 Å². The van der Waals surface area contributed by atoms with Crippen LogP contribution < -0.4 is 10.1 Å². The first-order valence-electron chi connectivity index (χ1n) is 6.25. The second kappa shape index (κ2) is 5.90. The first-order valence-corrected chi connectivity index (χ1v) is 6.25. The first-order chi connectivity index (χ1) is 7.84. The van der Waals surface area contributed by atoms with Crippen LogP contribution in [0, 0.1) is 12.8 Å². The van der Waals surface area contributed by atoms with Crippen LogP contribution in [0.4, 0.5) is 0 Å². The average Bonchev–Trinajstić information content (AvgIpc) is 2.33. The molecular formula is C14H21NO. The molecular weight excluding hydrogens is 198 g/mol. The van der Waals surface area contributed by atoms with Gasteiger partial charge in [0.2, 0.25) is 0 Å². The third-order valence-corrected chi connectivity index (χ3v) is 3.27. The van der Waals surface area contributed by atoms with Gasteiger partial charge in [-0.15, -0.1) is 0 Å². The van der Waals surface area contributed by atoms with Crippen LogP contribution in [0.3, 0.4) is 0 Å². The topological polar surface area (TPSA) is 21.3 Å². The lowest BCUT2D eigenvalue weighted by atomic mass is 9.95. The number of benzene rings is 1. The van der Waals surface area contributed by atoms with Gasteiger partial charge in [0, 0.05) is 0 Å². The number of piperidine rings is 1. The van der Waals surface area contributed by atoms with Gasteiger partial charge in [0.05, 0.1) is 6.61 Å². The minimum atomic E-state index is 0.853. The minimum absolute atomic E-state index is 0.853. The van der Waals surface area contributed by atoms with Crippen LogP contribution in [0.25, 0.3) is 0 Å². The van der Waals surface area contributed by atoms with Crippen molar-refractivity contribution in [2.75, 3.05) is 19.7 Å². The minimum Gasteiger partial charge on any atom is -0.494 e. The maximum atomic E-state index is 5.74. The van der Waals surface area contributed by atoms with E-state index in [0.29, 0.717) is 0 Å². The van der Waals surface area contributed by atoms with Crippen LogP contribution in [0.15, 0.2) is 24.3 Å². The Morgan fingerprint density at radius 3 is 2.56 bits per heavy atom. The van der Waals surface area contributed by atoms with Gasteiger partial charge in [-0.2, -0.15) is 0 Å². The van der Waals surface area contributed by atoms with Gasteiger partial charge in [0.15, 0.2) is 0 Å². The highest BCUT2D eigenvalue weighted by atomic mass is 16.5. The van der Waals surface area contributed by atoms with E-state index in [-0.39, 0.29) is 0 Å². The van der Waals surface area contributed by atoms with E-state index >= 15 is 0 Å². The van der Waals surface area contributed by atoms with E-state index in [1.807, 2.05) is 0 Å². The molecule has 0 aromatic heterocycles. The molecule has 1 saturated heterocycles. The molecule has 0 radical (unpaired) electrons. The lowest BCUT2D eigenvalue weighted by Crippen LogP contribution is -2.28. The third-order valence-electron chi connectivity index (χ3n) is 3.27. The van der Waals surface area contributed by atoms with Crippen molar-refractivity contribution in [2.24, 2.45) is 5.92 Å². The summed E-state index contributed by atoms with van der Waals surface area (Å²) in [6.07, 6.45) is 3.80. The standard InChI is InChI=1S/C14H21NO/c1-12-2-4-14(5-3-12)16-11-8-13-6-9-15-10-7-13/h2-5,13,15H,6-11H2,1H3. The Labute approximate surface area is 98.0 Å². The summed E-state index contributed by atoms with van der Waals surface area (Å²) < 4.78 is 5.74. The van der Waals surface area contributed by atoms with Gasteiger partial charge in [0.25, 0.3) is 0 Å². The zero-order chi connectivity index (χ0) is 11.2. The number of hydrogen-bond acceptors (Lipinski definition) is 2. The largest absolute Gasteiger partial charge is 0.494 e. The van der Waals surface area contributed by atoms with Crippen molar-refractivity contribution in [1.82, 2.24) is 5.32 Å². The normalized spacial score (nSPS) is 17.3. The number of hydrogen-bond donors (Lipinski definition) is 1. The molecule has 88 valence electrons. The Kier molecular flexibility index (Phi) is 4.23. The maximum Gasteiger partial charge on any atom is 0.119 e. The molecule has 2 heteroatoms. The Morgan fingerprint density at radius 2 is 1.88 bits per heavy atom. The molecule has 0 atom stereocenters. The van der Waals surface area contributed by atoms with Crippen molar-refractivity contribution in [2.45, 2.75) is 26.2 Å². The molecule has 1 aromatic rings. The van der Waals surface area contributed by atoms with Crippen LogP contribution in [0.5, 0.6) is 5.75 Å². The molecule has 0 spiro atoms. The Morgan fingerprint density at radius 1 is 1.19 bits per heavy atom. The molecule has 1 N–H and O–H groups in total. The van der Waals surface area contributed by atoms with Crippen LogP contribution in [-0.4, -0.2) is 19.7 Å². The second-order valence-corrected chi connectivity index (χ2v) is 4.64. The van der Waals surface area contributed by atoms with Crippen molar-refractivity contribution in [3.8, 4) is 5.75 Å². The maximum absolute atomic E-state index is 5.74. The van der Waals surface area contributed by atoms with Gasteiger partial charge in [-0.05, 0) is 57.3 Å². The summed E-state index contributed by atoms with van der Waals surface area (Å²) in [4.78, 5) is 0. The Balaban J connectivity index is 1.69. The van der Waals surface area contributed by atoms with Crippen molar-refractivity contribution in [3.63, 3.8) is 0 Å². The van der Waals surface area contributed by atoms with Crippen LogP contribution >= 0.6 is 0 Å². The molecule has 2 rings (SSSR count). The lowest BCUT2D eigenvalue weighted by Gasteiger charge is -2.22. The Hall–Kier alpha value is -1.02. The first kappa shape index (κ1) is 11.5. The molecule has 2 nitrogen and oxygen atoms in total. The van der Waals surface area contributed by atoms with E-state index < -0.39 is 0 Å². The summed E-state index contributed by atoms with van der Waals surface area (Å²) in [6.45, 7) is 5.30. The lowest BCUT2D eigenvalue weighted by molar-refractivity contribution is 0.252. The molecule has 1 aliphatic heterocycles. The van der Waals surface area contributed by atoms with Crippen molar-refractivity contribution in [3.05, 3.63) is 29.8 Å². The van der Waals surface area contributed by atoms with Gasteiger partial charge < -0.3 is 10.1 Å². The van der Waals surface area contributed by atoms with E-state index in [9.17, 15) is 0 Å². The molecule has 0 amide bonds. The van der Waals surface area contributed by atoms with Gasteiger partial charge in [-0.25, -0.2) is 0 Å². The van der Waals surface area contributed by atoms with Crippen LogP contribution in [0.1, 0.15) is 24.8 Å². The zero-order valence-electron chi connectivity index (χ0n) is 10.0. The molecule has 1 heterocycles. The summed E-state index contributed by atoms with van der Waals surface area (Å²) in [5, 5.41) is 3.39. The molecule has 1 aromatic carbocycles. The summed E-state index contributed by atoms with van der Waals surface area (Å²) in [5.74, 6) is 1.85. The fourth-order valence-corrected chi connectivity index (χ4v) is 2.15. The average molecular weight is 219 g/mol.